The van der Waals surface area contributed by atoms with E-state index in [2.05, 4.69) is 35.9 Å². The topological polar surface area (TPSA) is 118 Å². The molecule has 2 heterocycles. The maximum absolute atomic E-state index is 14.3. The zero-order chi connectivity index (χ0) is 30.3. The van der Waals surface area contributed by atoms with Crippen LogP contribution in [0.5, 0.6) is 0 Å². The summed E-state index contributed by atoms with van der Waals surface area (Å²) in [4.78, 5) is 39.4. The normalized spacial score (nSPS) is 12.6. The Kier molecular flexibility index (Phi) is 7.55. The number of aliphatic carboxylic acids is 1. The molecule has 0 bridgehead atoms. The fourth-order valence-corrected chi connectivity index (χ4v) is 5.77. The van der Waals surface area contributed by atoms with Gasteiger partial charge in [0.1, 0.15) is 0 Å². The van der Waals surface area contributed by atoms with E-state index < -0.39 is 23.5 Å². The molecule has 0 unspecified atom stereocenters. The molecule has 9 heteroatoms. The van der Waals surface area contributed by atoms with Gasteiger partial charge in [-0.15, -0.1) is 0 Å². The third-order valence-electron chi connectivity index (χ3n) is 7.61. The number of fused-ring (bicyclic) bond motifs is 2. The van der Waals surface area contributed by atoms with Gasteiger partial charge in [-0.25, -0.2) is 4.79 Å². The minimum atomic E-state index is -1.10. The van der Waals surface area contributed by atoms with Crippen molar-refractivity contribution in [3.05, 3.63) is 105 Å². The maximum atomic E-state index is 14.3. The lowest BCUT2D eigenvalue weighted by atomic mass is 10.0. The summed E-state index contributed by atoms with van der Waals surface area (Å²) in [5, 5.41) is 23.7. The van der Waals surface area contributed by atoms with Gasteiger partial charge in [0.15, 0.2) is 0 Å². The smallest absolute Gasteiger partial charge is 0.330 e. The van der Waals surface area contributed by atoms with Crippen molar-refractivity contribution in [3.63, 3.8) is 0 Å². The lowest BCUT2D eigenvalue weighted by Crippen LogP contribution is -2.38. The molecule has 9 nitrogen and oxygen atoms in total. The van der Waals surface area contributed by atoms with Crippen LogP contribution in [0.1, 0.15) is 58.9 Å². The highest BCUT2D eigenvalue weighted by atomic mass is 16.4. The number of amides is 1. The lowest BCUT2D eigenvalue weighted by molar-refractivity contribution is -0.137. The molecule has 5 rings (SSSR count). The van der Waals surface area contributed by atoms with Crippen LogP contribution < -0.4 is 11.0 Å². The molecule has 0 aliphatic rings. The second kappa shape index (κ2) is 11.0. The Labute approximate surface area is 243 Å². The van der Waals surface area contributed by atoms with Gasteiger partial charge in [0.25, 0.3) is 5.91 Å². The van der Waals surface area contributed by atoms with Crippen molar-refractivity contribution < 1.29 is 19.8 Å². The Hall–Kier alpha value is -4.63. The van der Waals surface area contributed by atoms with Gasteiger partial charge in [-0.1, -0.05) is 36.4 Å². The Morgan fingerprint density at radius 2 is 1.69 bits per heavy atom. The van der Waals surface area contributed by atoms with Crippen LogP contribution in [0.3, 0.4) is 0 Å². The molecule has 3 N–H and O–H groups in total. The summed E-state index contributed by atoms with van der Waals surface area (Å²) in [6.45, 7) is 7.62. The number of aliphatic hydroxyl groups is 1. The number of hydrogen-bond donors (Lipinski definition) is 3. The summed E-state index contributed by atoms with van der Waals surface area (Å²) in [6.07, 6.45) is 1.71. The number of benzene rings is 3. The molecule has 0 spiro atoms. The van der Waals surface area contributed by atoms with Crippen molar-refractivity contribution in [2.24, 2.45) is 7.05 Å². The molecule has 0 aliphatic heterocycles. The van der Waals surface area contributed by atoms with Crippen LogP contribution in [0.25, 0.3) is 21.9 Å². The third kappa shape index (κ3) is 5.60. The molecule has 5 aromatic rings. The van der Waals surface area contributed by atoms with Gasteiger partial charge in [-0.2, -0.15) is 0 Å². The Morgan fingerprint density at radius 1 is 0.976 bits per heavy atom. The highest BCUT2D eigenvalue weighted by Gasteiger charge is 2.26. The largest absolute Gasteiger partial charge is 0.481 e. The van der Waals surface area contributed by atoms with Gasteiger partial charge in [0.05, 0.1) is 35.6 Å². The molecule has 42 heavy (non-hydrogen) atoms. The molecule has 2 aromatic heterocycles. The van der Waals surface area contributed by atoms with Gasteiger partial charge in [0.2, 0.25) is 0 Å². The molecule has 218 valence electrons. The lowest BCUT2D eigenvalue weighted by Gasteiger charge is -2.18. The fraction of sp³-hybridized carbons (Fsp3) is 0.303. The molecular formula is C33H36N4O5. The van der Waals surface area contributed by atoms with E-state index in [4.69, 9.17) is 0 Å². The molecule has 0 fully saturated rings. The quantitative estimate of drug-likeness (QED) is 0.242. The first-order chi connectivity index (χ1) is 19.8. The van der Waals surface area contributed by atoms with Crippen molar-refractivity contribution in [1.29, 1.82) is 0 Å². The Morgan fingerprint density at radius 3 is 2.36 bits per heavy atom. The Balaban J connectivity index is 1.72. The van der Waals surface area contributed by atoms with Crippen LogP contribution in [-0.2, 0) is 18.4 Å². The van der Waals surface area contributed by atoms with Gasteiger partial charge in [-0.3, -0.25) is 18.7 Å². The molecule has 0 saturated heterocycles. The zero-order valence-electron chi connectivity index (χ0n) is 24.5. The molecule has 1 amide bonds. The standard InChI is InChI=1S/C33H36N4O5/c1-20-13-21(2)30-24(17-35(5)28(30)14-20)18-36-25-12-11-23(31(40)34-19-33(3,4)42)15-27(25)37(32(36)41)26(16-29(38)39)22-9-7-6-8-10-22/h6-15,17,26,42H,16,18-19H2,1-5H3,(H,34,40)(H,38,39)/t26-/m1/s1. The highest BCUT2D eigenvalue weighted by molar-refractivity contribution is 5.97. The van der Waals surface area contributed by atoms with Crippen LogP contribution in [-0.4, -0.2) is 47.9 Å². The minimum Gasteiger partial charge on any atom is -0.481 e. The first-order valence-electron chi connectivity index (χ1n) is 13.9. The predicted octanol–water partition coefficient (Wildman–Crippen LogP) is 4.52. The maximum Gasteiger partial charge on any atom is 0.330 e. The van der Waals surface area contributed by atoms with Crippen molar-refractivity contribution >= 4 is 33.8 Å². The second-order valence-corrected chi connectivity index (χ2v) is 11.7. The van der Waals surface area contributed by atoms with Crippen LogP contribution >= 0.6 is 0 Å². The summed E-state index contributed by atoms with van der Waals surface area (Å²) in [5.41, 5.74) is 4.85. The van der Waals surface area contributed by atoms with E-state index in [-0.39, 0.29) is 25.2 Å². The van der Waals surface area contributed by atoms with Crippen molar-refractivity contribution in [2.45, 2.75) is 52.3 Å². The van der Waals surface area contributed by atoms with E-state index in [1.807, 2.05) is 31.4 Å². The van der Waals surface area contributed by atoms with Crippen LogP contribution in [0.4, 0.5) is 0 Å². The van der Waals surface area contributed by atoms with Crippen LogP contribution in [0.15, 0.2) is 71.7 Å². The molecule has 0 saturated carbocycles. The minimum absolute atomic E-state index is 0.0449. The Bertz CT molecular complexity index is 1870. The van der Waals surface area contributed by atoms with Crippen molar-refractivity contribution in [3.8, 4) is 0 Å². The molecule has 0 radical (unpaired) electrons. The monoisotopic (exact) mass is 568 g/mol. The number of carbonyl (C=O) groups excluding carboxylic acids is 1. The second-order valence-electron chi connectivity index (χ2n) is 11.7. The summed E-state index contributed by atoms with van der Waals surface area (Å²) in [7, 11) is 1.98. The van der Waals surface area contributed by atoms with Crippen LogP contribution in [0.2, 0.25) is 0 Å². The summed E-state index contributed by atoms with van der Waals surface area (Å²) >= 11 is 0. The number of nitrogens with one attached hydrogen (secondary N) is 1. The van der Waals surface area contributed by atoms with E-state index in [1.54, 1.807) is 48.7 Å². The van der Waals surface area contributed by atoms with E-state index in [9.17, 15) is 24.6 Å². The molecular weight excluding hydrogens is 532 g/mol. The van der Waals surface area contributed by atoms with Gasteiger partial charge in [0, 0.05) is 36.3 Å². The molecule has 3 aromatic carbocycles. The summed E-state index contributed by atoms with van der Waals surface area (Å²) in [5.74, 6) is -1.45. The van der Waals surface area contributed by atoms with E-state index in [0.29, 0.717) is 22.2 Å². The fourth-order valence-electron chi connectivity index (χ4n) is 5.77. The van der Waals surface area contributed by atoms with Crippen molar-refractivity contribution in [1.82, 2.24) is 19.0 Å². The van der Waals surface area contributed by atoms with Gasteiger partial charge >= 0.3 is 11.7 Å². The first kappa shape index (κ1) is 28.9. The van der Waals surface area contributed by atoms with E-state index in [0.717, 1.165) is 27.6 Å². The summed E-state index contributed by atoms with van der Waals surface area (Å²) in [6, 6.07) is 17.5. The number of carboxylic acid groups (broad SMARTS) is 1. The number of carboxylic acids is 1. The van der Waals surface area contributed by atoms with Gasteiger partial charge in [-0.05, 0) is 74.2 Å². The van der Waals surface area contributed by atoms with Crippen molar-refractivity contribution in [2.75, 3.05) is 6.54 Å². The third-order valence-corrected chi connectivity index (χ3v) is 7.61. The molecule has 1 atom stereocenters. The van der Waals surface area contributed by atoms with E-state index in [1.165, 1.54) is 4.57 Å². The molecule has 0 aliphatic carbocycles. The summed E-state index contributed by atoms with van der Waals surface area (Å²) < 4.78 is 5.20. The van der Waals surface area contributed by atoms with Gasteiger partial charge < -0.3 is 20.1 Å². The number of aryl methyl sites for hydroxylation is 3. The number of nitrogens with zero attached hydrogens (tertiary/aromatic N) is 3. The number of imidazole rings is 1. The average Bonchev–Trinajstić information content (AvgIpc) is 3.38. The predicted molar refractivity (Wildman–Crippen MR) is 163 cm³/mol. The highest BCUT2D eigenvalue weighted by Crippen LogP contribution is 2.30. The zero-order valence-corrected chi connectivity index (χ0v) is 24.5. The number of rotatable bonds is 9. The SMILES string of the molecule is Cc1cc(C)c2c(Cn3c(=O)n([C@H](CC(=O)O)c4ccccc4)c4cc(C(=O)NCC(C)(C)O)ccc43)cn(C)c2c1. The average molecular weight is 569 g/mol. The van der Waals surface area contributed by atoms with E-state index >= 15 is 0 Å². The first-order valence-corrected chi connectivity index (χ1v) is 13.9. The van der Waals surface area contributed by atoms with Crippen LogP contribution in [0, 0.1) is 13.8 Å². The number of carbonyl (C=O) groups is 2. The number of aromatic nitrogens is 3. The number of hydrogen-bond acceptors (Lipinski definition) is 4.